The van der Waals surface area contributed by atoms with E-state index in [9.17, 15) is 24.3 Å². The van der Waals surface area contributed by atoms with Crippen LogP contribution in [0.25, 0.3) is 0 Å². The number of aromatic hydroxyl groups is 1. The Labute approximate surface area is 271 Å². The number of carbonyl (C=O) groups excluding carboxylic acids is 4. The van der Waals surface area contributed by atoms with Crippen molar-refractivity contribution in [1.29, 1.82) is 0 Å². The third-order valence-electron chi connectivity index (χ3n) is 10.5. The molecule has 2 aliphatic heterocycles. The van der Waals surface area contributed by atoms with Crippen LogP contribution in [0.2, 0.25) is 0 Å². The maximum Gasteiger partial charge on any atom is 0.303 e. The Kier molecular flexibility index (Phi) is 7.45. The molecule has 0 bridgehead atoms. The predicted molar refractivity (Wildman–Crippen MR) is 170 cm³/mol. The molecule has 3 aromatic rings. The fraction of sp³-hybridized carbons (Fsp3) is 0.324. The number of fused-ring (bicyclic) bond motifs is 4. The molecule has 0 aromatic heterocycles. The third kappa shape index (κ3) is 4.73. The van der Waals surface area contributed by atoms with Crippen LogP contribution in [0.1, 0.15) is 48.3 Å². The first-order chi connectivity index (χ1) is 22.6. The summed E-state index contributed by atoms with van der Waals surface area (Å²) in [6.07, 6.45) is 2.38. The number of carboxylic acid groups (broad SMARTS) is 1. The summed E-state index contributed by atoms with van der Waals surface area (Å²) < 4.78 is 0. The number of benzene rings is 3. The van der Waals surface area contributed by atoms with E-state index in [2.05, 4.69) is 5.43 Å². The van der Waals surface area contributed by atoms with E-state index in [1.807, 2.05) is 61.5 Å². The lowest BCUT2D eigenvalue weighted by Gasteiger charge is -2.50. The largest absolute Gasteiger partial charge is 0.508 e. The molecular weight excluding hydrogens is 598 g/mol. The van der Waals surface area contributed by atoms with Crippen molar-refractivity contribution in [2.24, 2.45) is 23.7 Å². The summed E-state index contributed by atoms with van der Waals surface area (Å²) in [7, 11) is 0. The molecular formula is C37H35N3O7. The third-order valence-corrected chi connectivity index (χ3v) is 10.5. The molecule has 10 heteroatoms. The number of aryl methyl sites for hydroxylation is 1. The first-order valence-electron chi connectivity index (χ1n) is 16.0. The molecule has 3 aromatic carbocycles. The van der Waals surface area contributed by atoms with Crippen LogP contribution in [0.4, 0.5) is 5.69 Å². The molecule has 7 rings (SSSR count). The minimum atomic E-state index is -1.41. The summed E-state index contributed by atoms with van der Waals surface area (Å²) >= 11 is 0. The van der Waals surface area contributed by atoms with Gasteiger partial charge in [0.05, 0.1) is 28.9 Å². The minimum absolute atomic E-state index is 0.00167. The molecule has 3 N–H and O–H groups in total. The second-order valence-electron chi connectivity index (χ2n) is 13.0. The van der Waals surface area contributed by atoms with E-state index in [-0.39, 0.29) is 49.8 Å². The van der Waals surface area contributed by atoms with E-state index in [1.165, 1.54) is 4.90 Å². The molecule has 2 saturated heterocycles. The minimum Gasteiger partial charge on any atom is -0.508 e. The molecule has 6 unspecified atom stereocenters. The highest BCUT2D eigenvalue weighted by atomic mass is 16.4. The molecule has 10 nitrogen and oxygen atoms in total. The Balaban J connectivity index is 1.38. The number of amides is 4. The van der Waals surface area contributed by atoms with Crippen molar-refractivity contribution in [2.45, 2.75) is 43.9 Å². The molecule has 4 aliphatic rings. The molecule has 2 aliphatic carbocycles. The van der Waals surface area contributed by atoms with Gasteiger partial charge in [0.2, 0.25) is 11.8 Å². The van der Waals surface area contributed by atoms with Crippen LogP contribution >= 0.6 is 0 Å². The number of rotatable bonds is 8. The van der Waals surface area contributed by atoms with Gasteiger partial charge in [-0.2, -0.15) is 5.01 Å². The van der Waals surface area contributed by atoms with Crippen molar-refractivity contribution in [2.75, 3.05) is 12.0 Å². The Hall–Kier alpha value is -5.25. The van der Waals surface area contributed by atoms with Crippen molar-refractivity contribution >= 4 is 35.3 Å². The van der Waals surface area contributed by atoms with Gasteiger partial charge in [0.1, 0.15) is 5.75 Å². The summed E-state index contributed by atoms with van der Waals surface area (Å²) in [5.41, 5.74) is 5.32. The highest BCUT2D eigenvalue weighted by Gasteiger charge is 2.70. The van der Waals surface area contributed by atoms with Gasteiger partial charge < -0.3 is 10.2 Å². The Morgan fingerprint density at radius 3 is 2.36 bits per heavy atom. The van der Waals surface area contributed by atoms with Crippen molar-refractivity contribution < 1.29 is 34.2 Å². The highest BCUT2D eigenvalue weighted by Crippen LogP contribution is 2.64. The van der Waals surface area contributed by atoms with Crippen LogP contribution in [0, 0.1) is 30.6 Å². The second-order valence-corrected chi connectivity index (χ2v) is 13.0. The van der Waals surface area contributed by atoms with Crippen LogP contribution in [-0.4, -0.2) is 56.3 Å². The van der Waals surface area contributed by atoms with Gasteiger partial charge in [0.25, 0.3) is 11.8 Å². The van der Waals surface area contributed by atoms with E-state index in [4.69, 9.17) is 5.11 Å². The number of carboxylic acids is 1. The van der Waals surface area contributed by atoms with Gasteiger partial charge in [-0.15, -0.1) is 0 Å². The maximum atomic E-state index is 15.0. The second kappa shape index (κ2) is 11.5. The molecule has 3 fully saturated rings. The smallest absolute Gasteiger partial charge is 0.303 e. The standard InChI is InChI=1S/C37H35N3O7/c1-21-12-14-24(15-13-21)38-40-34(45)29-20-28-26(16-17-27-31(28)35(46)39(33(27)44)18-6-11-30(42)43)32(22-7-5-10-25(41)19-22)37(29,36(40)47)23-8-3-2-4-9-23/h2-5,7-10,12-16,19,27-29,31-32,38,41H,6,11,17-18,20H2,1H3,(H,42,43). The van der Waals surface area contributed by atoms with Crippen LogP contribution in [0.3, 0.4) is 0 Å². The van der Waals surface area contributed by atoms with Crippen LogP contribution in [0.15, 0.2) is 90.5 Å². The fourth-order valence-electron chi connectivity index (χ4n) is 8.50. The molecule has 240 valence electrons. The number of phenols is 1. The zero-order chi connectivity index (χ0) is 33.0. The normalized spacial score (nSPS) is 28.1. The average molecular weight is 634 g/mol. The molecule has 4 amide bonds. The van der Waals surface area contributed by atoms with E-state index >= 15 is 4.79 Å². The molecule has 0 radical (unpaired) electrons. The van der Waals surface area contributed by atoms with Crippen molar-refractivity contribution in [3.8, 4) is 5.75 Å². The number of anilines is 1. The van der Waals surface area contributed by atoms with Crippen LogP contribution in [0.5, 0.6) is 5.75 Å². The molecule has 2 heterocycles. The van der Waals surface area contributed by atoms with E-state index in [1.54, 1.807) is 30.3 Å². The van der Waals surface area contributed by atoms with E-state index in [0.29, 0.717) is 16.8 Å². The van der Waals surface area contributed by atoms with Crippen molar-refractivity contribution in [3.05, 3.63) is 107 Å². The van der Waals surface area contributed by atoms with Gasteiger partial charge in [-0.3, -0.25) is 34.3 Å². The van der Waals surface area contributed by atoms with Gasteiger partial charge in [0.15, 0.2) is 0 Å². The number of phenolic OH excluding ortho intramolecular Hbond substituents is 1. The van der Waals surface area contributed by atoms with Gasteiger partial charge >= 0.3 is 5.97 Å². The van der Waals surface area contributed by atoms with Crippen LogP contribution < -0.4 is 5.43 Å². The SMILES string of the molecule is Cc1ccc(NN2C(=O)C3CC4C(=CCC5C(=O)N(CCCC(=O)O)C(=O)C54)C(c4cccc(O)c4)C3(c3ccccc3)C2=O)cc1. The van der Waals surface area contributed by atoms with Gasteiger partial charge in [-0.1, -0.05) is 71.8 Å². The predicted octanol–water partition coefficient (Wildman–Crippen LogP) is 4.55. The van der Waals surface area contributed by atoms with E-state index < -0.39 is 52.8 Å². The molecule has 0 spiro atoms. The van der Waals surface area contributed by atoms with Gasteiger partial charge in [-0.25, -0.2) is 0 Å². The van der Waals surface area contributed by atoms with Gasteiger partial charge in [0, 0.05) is 18.9 Å². The number of hydrogen-bond acceptors (Lipinski definition) is 7. The van der Waals surface area contributed by atoms with Crippen molar-refractivity contribution in [1.82, 2.24) is 9.91 Å². The summed E-state index contributed by atoms with van der Waals surface area (Å²) in [5.74, 6) is -6.09. The summed E-state index contributed by atoms with van der Waals surface area (Å²) in [6.45, 7) is 1.96. The Morgan fingerprint density at radius 2 is 1.66 bits per heavy atom. The average Bonchev–Trinajstić information content (AvgIpc) is 3.43. The number of hydrazine groups is 1. The fourth-order valence-corrected chi connectivity index (χ4v) is 8.50. The zero-order valence-corrected chi connectivity index (χ0v) is 25.8. The number of hydrogen-bond donors (Lipinski definition) is 3. The van der Waals surface area contributed by atoms with Crippen LogP contribution in [-0.2, 0) is 29.4 Å². The number of imide groups is 2. The monoisotopic (exact) mass is 633 g/mol. The maximum absolute atomic E-state index is 15.0. The first-order valence-corrected chi connectivity index (χ1v) is 16.0. The number of allylic oxidation sites excluding steroid dienone is 2. The lowest BCUT2D eigenvalue weighted by Crippen LogP contribution is -2.53. The molecule has 1 saturated carbocycles. The lowest BCUT2D eigenvalue weighted by atomic mass is 9.49. The highest BCUT2D eigenvalue weighted by molar-refractivity contribution is 6.13. The quantitative estimate of drug-likeness (QED) is 0.242. The summed E-state index contributed by atoms with van der Waals surface area (Å²) in [5, 5.41) is 20.9. The molecule has 47 heavy (non-hydrogen) atoms. The van der Waals surface area contributed by atoms with Gasteiger partial charge in [-0.05, 0) is 67.5 Å². The Morgan fingerprint density at radius 1 is 0.915 bits per heavy atom. The number of nitrogens with zero attached hydrogens (tertiary/aromatic N) is 2. The number of nitrogens with one attached hydrogen (secondary N) is 1. The topological polar surface area (TPSA) is 144 Å². The number of likely N-dealkylation sites (tertiary alicyclic amines) is 1. The van der Waals surface area contributed by atoms with E-state index in [0.717, 1.165) is 16.1 Å². The Bertz CT molecular complexity index is 1820. The lowest BCUT2D eigenvalue weighted by molar-refractivity contribution is -0.142. The first kappa shape index (κ1) is 30.4. The van der Waals surface area contributed by atoms with Crippen molar-refractivity contribution in [3.63, 3.8) is 0 Å². The number of aliphatic carboxylic acids is 1. The number of carbonyl (C=O) groups is 5. The zero-order valence-electron chi connectivity index (χ0n) is 25.8. The summed E-state index contributed by atoms with van der Waals surface area (Å²) in [4.78, 5) is 69.5. The molecule has 6 atom stereocenters. The summed E-state index contributed by atoms with van der Waals surface area (Å²) in [6, 6.07) is 23.3.